The molecule has 3 aromatic rings. The summed E-state index contributed by atoms with van der Waals surface area (Å²) in [6.07, 6.45) is 0.711. The van der Waals surface area contributed by atoms with Crippen molar-refractivity contribution in [2.24, 2.45) is 7.05 Å². The second-order valence-electron chi connectivity index (χ2n) is 5.31. The Morgan fingerprint density at radius 1 is 1.30 bits per heavy atom. The quantitative estimate of drug-likeness (QED) is 0.784. The number of carbonyl (C=O) groups is 1. The van der Waals surface area contributed by atoms with E-state index in [0.29, 0.717) is 18.7 Å². The van der Waals surface area contributed by atoms with Gasteiger partial charge in [0.2, 0.25) is 0 Å². The summed E-state index contributed by atoms with van der Waals surface area (Å²) in [6.45, 7) is 2.56. The summed E-state index contributed by atoms with van der Waals surface area (Å²) in [4.78, 5) is 16.6. The van der Waals surface area contributed by atoms with Crippen molar-refractivity contribution < 1.29 is 4.79 Å². The molecular formula is C17H18N4OS. The Morgan fingerprint density at radius 2 is 2.09 bits per heavy atom. The van der Waals surface area contributed by atoms with Crippen LogP contribution in [0.3, 0.4) is 0 Å². The van der Waals surface area contributed by atoms with E-state index in [2.05, 4.69) is 15.4 Å². The van der Waals surface area contributed by atoms with E-state index in [1.807, 2.05) is 55.1 Å². The van der Waals surface area contributed by atoms with Crippen LogP contribution in [0.1, 0.15) is 21.9 Å². The van der Waals surface area contributed by atoms with Crippen LogP contribution in [0.25, 0.3) is 10.6 Å². The van der Waals surface area contributed by atoms with Gasteiger partial charge < -0.3 is 5.32 Å². The van der Waals surface area contributed by atoms with Gasteiger partial charge in [0, 0.05) is 36.7 Å². The highest BCUT2D eigenvalue weighted by Crippen LogP contribution is 2.23. The first-order valence-corrected chi connectivity index (χ1v) is 8.30. The third kappa shape index (κ3) is 3.65. The van der Waals surface area contributed by atoms with Crippen LogP contribution in [0.5, 0.6) is 0 Å². The van der Waals surface area contributed by atoms with E-state index in [1.165, 1.54) is 11.3 Å². The average molecular weight is 326 g/mol. The van der Waals surface area contributed by atoms with Crippen LogP contribution in [0.4, 0.5) is 0 Å². The molecule has 1 amide bonds. The van der Waals surface area contributed by atoms with Crippen molar-refractivity contribution in [1.82, 2.24) is 20.1 Å². The van der Waals surface area contributed by atoms with Crippen LogP contribution in [-0.2, 0) is 13.5 Å². The van der Waals surface area contributed by atoms with Gasteiger partial charge in [-0.25, -0.2) is 4.98 Å². The number of carbonyl (C=O) groups excluding carboxylic acids is 1. The molecule has 1 N–H and O–H groups in total. The van der Waals surface area contributed by atoms with E-state index >= 15 is 0 Å². The monoisotopic (exact) mass is 326 g/mol. The Kier molecular flexibility index (Phi) is 4.52. The molecule has 0 bridgehead atoms. The highest BCUT2D eigenvalue weighted by atomic mass is 32.1. The second-order valence-corrected chi connectivity index (χ2v) is 6.17. The zero-order valence-electron chi connectivity index (χ0n) is 13.1. The molecule has 0 saturated carbocycles. The van der Waals surface area contributed by atoms with E-state index in [-0.39, 0.29) is 5.91 Å². The van der Waals surface area contributed by atoms with Crippen molar-refractivity contribution in [3.8, 4) is 10.6 Å². The molecule has 6 heteroatoms. The normalized spacial score (nSPS) is 10.7. The molecule has 23 heavy (non-hydrogen) atoms. The topological polar surface area (TPSA) is 59.8 Å². The molecule has 118 valence electrons. The minimum absolute atomic E-state index is 0.143. The number of aryl methyl sites for hydroxylation is 2. The summed E-state index contributed by atoms with van der Waals surface area (Å²) in [6, 6.07) is 11.9. The SMILES string of the molecule is Cc1cc(CCNC(=O)c2csc(-c3ccccc3)n2)nn1C. The number of benzene rings is 1. The third-order valence-corrected chi connectivity index (χ3v) is 4.48. The van der Waals surface area contributed by atoms with Crippen molar-refractivity contribution in [3.63, 3.8) is 0 Å². The summed E-state index contributed by atoms with van der Waals surface area (Å²) in [7, 11) is 1.91. The fourth-order valence-corrected chi connectivity index (χ4v) is 3.05. The van der Waals surface area contributed by atoms with Crippen LogP contribution < -0.4 is 5.32 Å². The Hall–Kier alpha value is -2.47. The predicted molar refractivity (Wildman–Crippen MR) is 91.5 cm³/mol. The van der Waals surface area contributed by atoms with Crippen LogP contribution in [-0.4, -0.2) is 27.2 Å². The minimum Gasteiger partial charge on any atom is -0.350 e. The maximum Gasteiger partial charge on any atom is 0.270 e. The van der Waals surface area contributed by atoms with Crippen LogP contribution in [0.15, 0.2) is 41.8 Å². The lowest BCUT2D eigenvalue weighted by molar-refractivity contribution is 0.0950. The summed E-state index contributed by atoms with van der Waals surface area (Å²) >= 11 is 1.48. The number of nitrogens with zero attached hydrogens (tertiary/aromatic N) is 3. The van der Waals surface area contributed by atoms with E-state index < -0.39 is 0 Å². The first kappa shape index (κ1) is 15.4. The molecule has 2 aromatic heterocycles. The van der Waals surface area contributed by atoms with Crippen molar-refractivity contribution in [2.45, 2.75) is 13.3 Å². The zero-order chi connectivity index (χ0) is 16.2. The Balaban J connectivity index is 1.57. The van der Waals surface area contributed by atoms with Crippen LogP contribution >= 0.6 is 11.3 Å². The first-order chi connectivity index (χ1) is 11.1. The second kappa shape index (κ2) is 6.75. The third-order valence-electron chi connectivity index (χ3n) is 3.59. The molecule has 1 aromatic carbocycles. The van der Waals surface area contributed by atoms with E-state index in [0.717, 1.165) is 22.0 Å². The lowest BCUT2D eigenvalue weighted by Gasteiger charge is -2.01. The summed E-state index contributed by atoms with van der Waals surface area (Å²) in [5.41, 5.74) is 3.58. The van der Waals surface area contributed by atoms with Gasteiger partial charge in [-0.1, -0.05) is 30.3 Å². The van der Waals surface area contributed by atoms with Gasteiger partial charge in [-0.05, 0) is 13.0 Å². The van der Waals surface area contributed by atoms with Gasteiger partial charge in [0.1, 0.15) is 10.7 Å². The molecule has 0 unspecified atom stereocenters. The average Bonchev–Trinajstić information content (AvgIpc) is 3.16. The van der Waals surface area contributed by atoms with Gasteiger partial charge in [-0.15, -0.1) is 11.3 Å². The Labute approximate surface area is 139 Å². The predicted octanol–water partition coefficient (Wildman–Crippen LogP) is 2.82. The molecule has 2 heterocycles. The van der Waals surface area contributed by atoms with Gasteiger partial charge in [0.05, 0.1) is 5.69 Å². The van der Waals surface area contributed by atoms with Crippen molar-refractivity contribution in [3.05, 3.63) is 58.9 Å². The number of thiazole rings is 1. The number of amides is 1. The molecule has 0 aliphatic heterocycles. The highest BCUT2D eigenvalue weighted by Gasteiger charge is 2.11. The molecule has 0 spiro atoms. The maximum atomic E-state index is 12.2. The standard InChI is InChI=1S/C17H18N4OS/c1-12-10-14(20-21(12)2)8-9-18-16(22)15-11-23-17(19-15)13-6-4-3-5-7-13/h3-7,10-11H,8-9H2,1-2H3,(H,18,22). The maximum absolute atomic E-state index is 12.2. The van der Waals surface area contributed by atoms with E-state index in [4.69, 9.17) is 0 Å². The zero-order valence-corrected chi connectivity index (χ0v) is 13.9. The minimum atomic E-state index is -0.143. The van der Waals surface area contributed by atoms with Crippen LogP contribution in [0.2, 0.25) is 0 Å². The number of nitrogens with one attached hydrogen (secondary N) is 1. The molecule has 5 nitrogen and oxygen atoms in total. The van der Waals surface area contributed by atoms with E-state index in [1.54, 1.807) is 5.38 Å². The molecule has 0 aliphatic rings. The van der Waals surface area contributed by atoms with Crippen molar-refractivity contribution >= 4 is 17.2 Å². The molecule has 0 saturated heterocycles. The first-order valence-electron chi connectivity index (χ1n) is 7.42. The van der Waals surface area contributed by atoms with Crippen molar-refractivity contribution in [2.75, 3.05) is 6.54 Å². The Bertz CT molecular complexity index is 788. The molecule has 3 rings (SSSR count). The fourth-order valence-electron chi connectivity index (χ4n) is 2.24. The van der Waals surface area contributed by atoms with Gasteiger partial charge in [-0.2, -0.15) is 5.10 Å². The van der Waals surface area contributed by atoms with Gasteiger partial charge in [0.25, 0.3) is 5.91 Å². The number of rotatable bonds is 5. The van der Waals surface area contributed by atoms with Gasteiger partial charge >= 0.3 is 0 Å². The van der Waals surface area contributed by atoms with Gasteiger partial charge in [-0.3, -0.25) is 9.48 Å². The lowest BCUT2D eigenvalue weighted by Crippen LogP contribution is -2.26. The Morgan fingerprint density at radius 3 is 2.78 bits per heavy atom. The fraction of sp³-hybridized carbons (Fsp3) is 0.235. The summed E-state index contributed by atoms with van der Waals surface area (Å²) in [5, 5.41) is 9.92. The number of aromatic nitrogens is 3. The van der Waals surface area contributed by atoms with E-state index in [9.17, 15) is 4.79 Å². The molecule has 0 aliphatic carbocycles. The molecule has 0 atom stereocenters. The molecular weight excluding hydrogens is 308 g/mol. The smallest absolute Gasteiger partial charge is 0.270 e. The summed E-state index contributed by atoms with van der Waals surface area (Å²) < 4.78 is 1.84. The number of hydrogen-bond acceptors (Lipinski definition) is 4. The van der Waals surface area contributed by atoms with Crippen molar-refractivity contribution in [1.29, 1.82) is 0 Å². The number of hydrogen-bond donors (Lipinski definition) is 1. The largest absolute Gasteiger partial charge is 0.350 e. The molecule has 0 radical (unpaired) electrons. The molecule has 0 fully saturated rings. The van der Waals surface area contributed by atoms with Gasteiger partial charge in [0.15, 0.2) is 0 Å². The van der Waals surface area contributed by atoms with Crippen LogP contribution in [0, 0.1) is 6.92 Å². The highest BCUT2D eigenvalue weighted by molar-refractivity contribution is 7.13. The summed E-state index contributed by atoms with van der Waals surface area (Å²) in [5.74, 6) is -0.143. The lowest BCUT2D eigenvalue weighted by atomic mass is 10.2.